The molecule has 7 nitrogen and oxygen atoms in total. The number of hydrogen-bond acceptors (Lipinski definition) is 4. The topological polar surface area (TPSA) is 104 Å². The maximum Gasteiger partial charge on any atom is 0.335 e. The van der Waals surface area contributed by atoms with Crippen LogP contribution in [-0.4, -0.2) is 37.7 Å². The minimum atomic E-state index is -3.72. The third kappa shape index (κ3) is 4.89. The normalized spacial score (nSPS) is 12.3. The van der Waals surface area contributed by atoms with E-state index in [0.717, 1.165) is 21.7 Å². The van der Waals surface area contributed by atoms with Gasteiger partial charge in [-0.05, 0) is 67.8 Å². The number of carboxylic acid groups (broad SMARTS) is 1. The number of carbonyl (C=O) groups is 2. The van der Waals surface area contributed by atoms with Gasteiger partial charge in [0.1, 0.15) is 6.04 Å². The average molecular weight is 404 g/mol. The van der Waals surface area contributed by atoms with Crippen molar-refractivity contribution in [2.75, 3.05) is 15.9 Å². The molecule has 0 saturated carbocycles. The Morgan fingerprint density at radius 3 is 2.14 bits per heavy atom. The summed E-state index contributed by atoms with van der Waals surface area (Å²) in [5.74, 6) is -1.56. The Kier molecular flexibility index (Phi) is 6.45. The molecule has 0 aliphatic rings. The number of carbonyl (C=O) groups excluding carboxylic acids is 1. The standard InChI is InChI=1S/C20H24N2O5S/c1-5-18(19(23)21-16-9-7-15(8-10-16)20(24)25)22(28(4,26)27)17-11-6-13(2)14(3)12-17/h6-12,18H,5H2,1-4H3,(H,21,23)(H,24,25). The van der Waals surface area contributed by atoms with E-state index in [9.17, 15) is 18.0 Å². The molecule has 0 bridgehead atoms. The predicted octanol–water partition coefficient (Wildman–Crippen LogP) is 3.18. The highest BCUT2D eigenvalue weighted by atomic mass is 32.2. The van der Waals surface area contributed by atoms with Gasteiger partial charge in [0.15, 0.2) is 0 Å². The third-order valence-electron chi connectivity index (χ3n) is 4.47. The summed E-state index contributed by atoms with van der Waals surface area (Å²) in [5.41, 5.74) is 2.85. The van der Waals surface area contributed by atoms with E-state index in [1.165, 1.54) is 24.3 Å². The van der Waals surface area contributed by atoms with E-state index in [2.05, 4.69) is 5.32 Å². The lowest BCUT2D eigenvalue weighted by Crippen LogP contribution is -2.47. The van der Waals surface area contributed by atoms with E-state index < -0.39 is 27.9 Å². The fraction of sp³-hybridized carbons (Fsp3) is 0.300. The van der Waals surface area contributed by atoms with Crippen molar-refractivity contribution in [3.8, 4) is 0 Å². The number of carboxylic acids is 1. The first-order valence-corrected chi connectivity index (χ1v) is 10.6. The van der Waals surface area contributed by atoms with Crippen LogP contribution in [-0.2, 0) is 14.8 Å². The number of sulfonamides is 1. The van der Waals surface area contributed by atoms with Gasteiger partial charge in [-0.1, -0.05) is 13.0 Å². The number of aryl methyl sites for hydroxylation is 2. The van der Waals surface area contributed by atoms with E-state index in [0.29, 0.717) is 11.4 Å². The quantitative estimate of drug-likeness (QED) is 0.738. The second-order valence-electron chi connectivity index (χ2n) is 6.62. The van der Waals surface area contributed by atoms with Crippen LogP contribution in [0.4, 0.5) is 11.4 Å². The van der Waals surface area contributed by atoms with Gasteiger partial charge in [-0.2, -0.15) is 0 Å². The first-order chi connectivity index (χ1) is 13.0. The van der Waals surface area contributed by atoms with Crippen LogP contribution in [0.3, 0.4) is 0 Å². The molecular weight excluding hydrogens is 380 g/mol. The van der Waals surface area contributed by atoms with Crippen molar-refractivity contribution >= 4 is 33.3 Å². The second-order valence-corrected chi connectivity index (χ2v) is 8.48. The van der Waals surface area contributed by atoms with Crippen molar-refractivity contribution in [2.45, 2.75) is 33.2 Å². The summed E-state index contributed by atoms with van der Waals surface area (Å²) in [7, 11) is -3.72. The average Bonchev–Trinajstić information content (AvgIpc) is 2.61. The Balaban J connectivity index is 2.35. The number of benzene rings is 2. The molecule has 0 spiro atoms. The number of amides is 1. The number of hydrogen-bond donors (Lipinski definition) is 2. The summed E-state index contributed by atoms with van der Waals surface area (Å²) < 4.78 is 26.1. The molecule has 150 valence electrons. The smallest absolute Gasteiger partial charge is 0.335 e. The molecule has 0 radical (unpaired) electrons. The molecule has 0 saturated heterocycles. The monoisotopic (exact) mass is 404 g/mol. The van der Waals surface area contributed by atoms with E-state index >= 15 is 0 Å². The van der Waals surface area contributed by atoms with Crippen LogP contribution in [0.5, 0.6) is 0 Å². The van der Waals surface area contributed by atoms with Gasteiger partial charge in [0.05, 0.1) is 17.5 Å². The maximum absolute atomic E-state index is 12.8. The molecule has 0 fully saturated rings. The Morgan fingerprint density at radius 2 is 1.68 bits per heavy atom. The number of anilines is 2. The van der Waals surface area contributed by atoms with E-state index in [-0.39, 0.29) is 12.0 Å². The highest BCUT2D eigenvalue weighted by molar-refractivity contribution is 7.92. The Bertz CT molecular complexity index is 984. The molecule has 2 aromatic rings. The fourth-order valence-corrected chi connectivity index (χ4v) is 4.05. The Labute approximate surface area is 165 Å². The van der Waals surface area contributed by atoms with Gasteiger partial charge in [-0.15, -0.1) is 0 Å². The van der Waals surface area contributed by atoms with Gasteiger partial charge in [0, 0.05) is 5.69 Å². The molecule has 0 heterocycles. The molecule has 8 heteroatoms. The lowest BCUT2D eigenvalue weighted by Gasteiger charge is -2.30. The van der Waals surface area contributed by atoms with Crippen LogP contribution >= 0.6 is 0 Å². The van der Waals surface area contributed by atoms with Gasteiger partial charge in [0.25, 0.3) is 0 Å². The molecular formula is C20H24N2O5S. The van der Waals surface area contributed by atoms with Crippen LogP contribution in [0.15, 0.2) is 42.5 Å². The minimum Gasteiger partial charge on any atom is -0.478 e. The summed E-state index contributed by atoms with van der Waals surface area (Å²) in [6.45, 7) is 5.54. The van der Waals surface area contributed by atoms with E-state index in [1.54, 1.807) is 19.1 Å². The van der Waals surface area contributed by atoms with Gasteiger partial charge in [0.2, 0.25) is 15.9 Å². The summed E-state index contributed by atoms with van der Waals surface area (Å²) >= 11 is 0. The SMILES string of the molecule is CCC(C(=O)Nc1ccc(C(=O)O)cc1)N(c1ccc(C)c(C)c1)S(C)(=O)=O. The van der Waals surface area contributed by atoms with Gasteiger partial charge < -0.3 is 10.4 Å². The van der Waals surface area contributed by atoms with Gasteiger partial charge in [-0.3, -0.25) is 9.10 Å². The van der Waals surface area contributed by atoms with Crippen molar-refractivity contribution in [1.29, 1.82) is 0 Å². The molecule has 1 amide bonds. The molecule has 2 aromatic carbocycles. The summed E-state index contributed by atoms with van der Waals surface area (Å²) in [5, 5.41) is 11.6. The maximum atomic E-state index is 12.8. The largest absolute Gasteiger partial charge is 0.478 e. The van der Waals surface area contributed by atoms with Crippen molar-refractivity contribution in [3.63, 3.8) is 0 Å². The van der Waals surface area contributed by atoms with E-state index in [1.807, 2.05) is 19.9 Å². The number of rotatable bonds is 7. The highest BCUT2D eigenvalue weighted by Gasteiger charge is 2.31. The first kappa shape index (κ1) is 21.4. The number of nitrogens with zero attached hydrogens (tertiary/aromatic N) is 1. The zero-order chi connectivity index (χ0) is 21.1. The fourth-order valence-electron chi connectivity index (χ4n) is 2.84. The lowest BCUT2D eigenvalue weighted by molar-refractivity contribution is -0.117. The van der Waals surface area contributed by atoms with Gasteiger partial charge >= 0.3 is 5.97 Å². The van der Waals surface area contributed by atoms with Gasteiger partial charge in [-0.25, -0.2) is 13.2 Å². The summed E-state index contributed by atoms with van der Waals surface area (Å²) in [6.07, 6.45) is 1.33. The predicted molar refractivity (Wildman–Crippen MR) is 109 cm³/mol. The van der Waals surface area contributed by atoms with Crippen LogP contribution in [0.1, 0.15) is 34.8 Å². The molecule has 0 aromatic heterocycles. The molecule has 0 aliphatic carbocycles. The van der Waals surface area contributed by atoms with Crippen LogP contribution in [0.2, 0.25) is 0 Å². The highest BCUT2D eigenvalue weighted by Crippen LogP contribution is 2.25. The molecule has 28 heavy (non-hydrogen) atoms. The van der Waals surface area contributed by atoms with Crippen molar-refractivity contribution in [3.05, 3.63) is 59.2 Å². The second kappa shape index (κ2) is 8.43. The Morgan fingerprint density at radius 1 is 1.07 bits per heavy atom. The summed E-state index contributed by atoms with van der Waals surface area (Å²) in [4.78, 5) is 23.8. The molecule has 2 N–H and O–H groups in total. The minimum absolute atomic E-state index is 0.0953. The molecule has 1 unspecified atom stereocenters. The van der Waals surface area contributed by atoms with Crippen LogP contribution in [0, 0.1) is 13.8 Å². The third-order valence-corrected chi connectivity index (χ3v) is 5.65. The zero-order valence-corrected chi connectivity index (χ0v) is 17.1. The molecule has 2 rings (SSSR count). The van der Waals surface area contributed by atoms with Crippen LogP contribution < -0.4 is 9.62 Å². The van der Waals surface area contributed by atoms with E-state index in [4.69, 9.17) is 5.11 Å². The summed E-state index contributed by atoms with van der Waals surface area (Å²) in [6, 6.07) is 9.97. The number of nitrogens with one attached hydrogen (secondary N) is 1. The van der Waals surface area contributed by atoms with Crippen molar-refractivity contribution in [1.82, 2.24) is 0 Å². The molecule has 0 aliphatic heterocycles. The zero-order valence-electron chi connectivity index (χ0n) is 16.3. The molecule has 1 atom stereocenters. The number of aromatic carboxylic acids is 1. The first-order valence-electron chi connectivity index (χ1n) is 8.75. The van der Waals surface area contributed by atoms with Crippen molar-refractivity contribution in [2.24, 2.45) is 0 Å². The van der Waals surface area contributed by atoms with Crippen molar-refractivity contribution < 1.29 is 23.1 Å². The Hall–Kier alpha value is -2.87. The lowest BCUT2D eigenvalue weighted by atomic mass is 10.1. The van der Waals surface area contributed by atoms with Crippen LogP contribution in [0.25, 0.3) is 0 Å².